The molecule has 31 heavy (non-hydrogen) atoms. The molecule has 1 unspecified atom stereocenters. The molecule has 0 spiro atoms. The van der Waals surface area contributed by atoms with Crippen LogP contribution in [-0.4, -0.2) is 74.6 Å². The third-order valence-corrected chi connectivity index (χ3v) is 5.24. The van der Waals surface area contributed by atoms with Crippen molar-refractivity contribution in [1.29, 1.82) is 0 Å². The molecule has 0 amide bonds. The Kier molecular flexibility index (Phi) is 10.6. The van der Waals surface area contributed by atoms with Gasteiger partial charge in [0, 0.05) is 19.6 Å². The first-order valence-electron chi connectivity index (χ1n) is 11.0. The van der Waals surface area contributed by atoms with E-state index in [9.17, 15) is 5.11 Å². The molecule has 172 valence electrons. The topological polar surface area (TPSA) is 54.4 Å². The number of aliphatic hydroxyl groups excluding tert-OH is 1. The molecule has 0 radical (unpaired) electrons. The van der Waals surface area contributed by atoms with Crippen LogP contribution in [0.5, 0.6) is 17.2 Å². The van der Waals surface area contributed by atoms with Crippen LogP contribution >= 0.6 is 0 Å². The maximum atomic E-state index is 10.3. The second kappa shape index (κ2) is 13.2. The van der Waals surface area contributed by atoms with Crippen molar-refractivity contribution >= 4 is 0 Å². The Hall–Kier alpha value is -2.28. The first kappa shape index (κ1) is 25.0. The minimum absolute atomic E-state index is 0.233. The molecule has 6 heteroatoms. The standard InChI is InChI=1S/C25H38N2O4/c1-6-27(7-2)18-22(28)19-31-25-16-21(10-13-24(25)29-5)17-26(4)14-15-30-23-11-8-20(3)9-12-23/h8-13,16,22,28H,6-7,14-15,17-19H2,1-5H3. The maximum absolute atomic E-state index is 10.3. The second-order valence-electron chi connectivity index (χ2n) is 7.84. The average molecular weight is 431 g/mol. The van der Waals surface area contributed by atoms with Gasteiger partial charge in [0.25, 0.3) is 0 Å². The Labute approximate surface area is 187 Å². The number of ether oxygens (including phenoxy) is 3. The number of likely N-dealkylation sites (N-methyl/N-ethyl adjacent to an activating group) is 2. The molecule has 2 rings (SSSR count). The van der Waals surface area contributed by atoms with Crippen molar-refractivity contribution in [2.24, 2.45) is 0 Å². The van der Waals surface area contributed by atoms with E-state index in [0.717, 1.165) is 37.5 Å². The van der Waals surface area contributed by atoms with Crippen LogP contribution in [0.15, 0.2) is 42.5 Å². The van der Waals surface area contributed by atoms with Crippen LogP contribution in [0.3, 0.4) is 0 Å². The number of aryl methyl sites for hydroxylation is 1. The summed E-state index contributed by atoms with van der Waals surface area (Å²) >= 11 is 0. The number of rotatable bonds is 14. The van der Waals surface area contributed by atoms with E-state index in [4.69, 9.17) is 14.2 Å². The van der Waals surface area contributed by atoms with E-state index in [1.807, 2.05) is 30.3 Å². The SMILES string of the molecule is CCN(CC)CC(O)COc1cc(CN(C)CCOc2ccc(C)cc2)ccc1OC. The van der Waals surface area contributed by atoms with Crippen molar-refractivity contribution in [2.45, 2.75) is 33.4 Å². The molecule has 2 aromatic carbocycles. The molecular formula is C25H38N2O4. The highest BCUT2D eigenvalue weighted by molar-refractivity contribution is 5.43. The molecule has 0 bridgehead atoms. The number of nitrogens with zero attached hydrogens (tertiary/aromatic N) is 2. The molecule has 0 aromatic heterocycles. The number of hydrogen-bond acceptors (Lipinski definition) is 6. The number of methoxy groups -OCH3 is 1. The van der Waals surface area contributed by atoms with E-state index in [2.05, 4.69) is 49.8 Å². The van der Waals surface area contributed by atoms with Gasteiger partial charge in [0.15, 0.2) is 11.5 Å². The summed E-state index contributed by atoms with van der Waals surface area (Å²) < 4.78 is 17.2. The molecule has 1 N–H and O–H groups in total. The highest BCUT2D eigenvalue weighted by Crippen LogP contribution is 2.28. The van der Waals surface area contributed by atoms with Crippen LogP contribution in [0, 0.1) is 6.92 Å². The summed E-state index contributed by atoms with van der Waals surface area (Å²) in [4.78, 5) is 4.38. The third kappa shape index (κ3) is 8.77. The molecule has 0 saturated carbocycles. The van der Waals surface area contributed by atoms with Gasteiger partial charge in [-0.1, -0.05) is 37.6 Å². The fourth-order valence-electron chi connectivity index (χ4n) is 3.30. The lowest BCUT2D eigenvalue weighted by atomic mass is 10.2. The first-order chi connectivity index (χ1) is 14.9. The minimum Gasteiger partial charge on any atom is -0.493 e. The van der Waals surface area contributed by atoms with Gasteiger partial charge in [0.2, 0.25) is 0 Å². The molecule has 0 saturated heterocycles. The van der Waals surface area contributed by atoms with E-state index >= 15 is 0 Å². The summed E-state index contributed by atoms with van der Waals surface area (Å²) in [6, 6.07) is 14.0. The lowest BCUT2D eigenvalue weighted by Crippen LogP contribution is -2.35. The van der Waals surface area contributed by atoms with Crippen LogP contribution < -0.4 is 14.2 Å². The van der Waals surface area contributed by atoms with E-state index in [1.54, 1.807) is 7.11 Å². The van der Waals surface area contributed by atoms with Gasteiger partial charge in [0.1, 0.15) is 25.1 Å². The molecule has 0 aliphatic heterocycles. The van der Waals surface area contributed by atoms with Crippen molar-refractivity contribution in [1.82, 2.24) is 9.80 Å². The summed E-state index contributed by atoms with van der Waals surface area (Å²) in [5.41, 5.74) is 2.34. The summed E-state index contributed by atoms with van der Waals surface area (Å²) in [7, 11) is 3.69. The highest BCUT2D eigenvalue weighted by atomic mass is 16.5. The molecule has 1 atom stereocenters. The van der Waals surface area contributed by atoms with E-state index in [-0.39, 0.29) is 6.61 Å². The van der Waals surface area contributed by atoms with Gasteiger partial charge < -0.3 is 24.2 Å². The molecule has 0 heterocycles. The largest absolute Gasteiger partial charge is 0.493 e. The number of aliphatic hydroxyl groups is 1. The predicted molar refractivity (Wildman–Crippen MR) is 125 cm³/mol. The smallest absolute Gasteiger partial charge is 0.161 e. The fourth-order valence-corrected chi connectivity index (χ4v) is 3.30. The molecule has 0 aliphatic rings. The van der Waals surface area contributed by atoms with Gasteiger partial charge >= 0.3 is 0 Å². The van der Waals surface area contributed by atoms with Crippen molar-refractivity contribution in [2.75, 3.05) is 53.6 Å². The summed E-state index contributed by atoms with van der Waals surface area (Å²) in [5, 5.41) is 10.3. The van der Waals surface area contributed by atoms with Crippen molar-refractivity contribution in [3.8, 4) is 17.2 Å². The molecule has 6 nitrogen and oxygen atoms in total. The van der Waals surface area contributed by atoms with Gasteiger partial charge in [0.05, 0.1) is 7.11 Å². The quantitative estimate of drug-likeness (QED) is 0.494. The van der Waals surface area contributed by atoms with Gasteiger partial charge in [-0.3, -0.25) is 4.90 Å². The third-order valence-electron chi connectivity index (χ3n) is 5.24. The first-order valence-corrected chi connectivity index (χ1v) is 11.0. The van der Waals surface area contributed by atoms with Crippen LogP contribution in [-0.2, 0) is 6.54 Å². The zero-order valence-electron chi connectivity index (χ0n) is 19.6. The Morgan fingerprint density at radius 3 is 2.32 bits per heavy atom. The minimum atomic E-state index is -0.546. The Balaban J connectivity index is 1.86. The zero-order chi connectivity index (χ0) is 22.6. The zero-order valence-corrected chi connectivity index (χ0v) is 19.6. The molecule has 2 aromatic rings. The lowest BCUT2D eigenvalue weighted by molar-refractivity contribution is 0.0705. The molecular weight excluding hydrogens is 392 g/mol. The average Bonchev–Trinajstić information content (AvgIpc) is 2.77. The van der Waals surface area contributed by atoms with Crippen LogP contribution in [0.1, 0.15) is 25.0 Å². The van der Waals surface area contributed by atoms with Gasteiger partial charge in [-0.15, -0.1) is 0 Å². The Morgan fingerprint density at radius 2 is 1.68 bits per heavy atom. The van der Waals surface area contributed by atoms with Crippen molar-refractivity contribution in [3.63, 3.8) is 0 Å². The predicted octanol–water partition coefficient (Wildman–Crippen LogP) is 3.60. The number of hydrogen-bond donors (Lipinski definition) is 1. The normalized spacial score (nSPS) is 12.3. The van der Waals surface area contributed by atoms with Crippen LogP contribution in [0.4, 0.5) is 0 Å². The molecule has 0 aliphatic carbocycles. The van der Waals surface area contributed by atoms with Crippen LogP contribution in [0.25, 0.3) is 0 Å². The monoisotopic (exact) mass is 430 g/mol. The number of benzene rings is 2. The van der Waals surface area contributed by atoms with Crippen molar-refractivity contribution in [3.05, 3.63) is 53.6 Å². The van der Waals surface area contributed by atoms with Gasteiger partial charge in [-0.2, -0.15) is 0 Å². The Bertz CT molecular complexity index is 763. The van der Waals surface area contributed by atoms with E-state index in [0.29, 0.717) is 24.7 Å². The summed E-state index contributed by atoms with van der Waals surface area (Å²) in [6.45, 7) is 11.1. The van der Waals surface area contributed by atoms with Gasteiger partial charge in [-0.25, -0.2) is 0 Å². The lowest BCUT2D eigenvalue weighted by Gasteiger charge is -2.22. The highest BCUT2D eigenvalue weighted by Gasteiger charge is 2.13. The Morgan fingerprint density at radius 1 is 0.968 bits per heavy atom. The second-order valence-corrected chi connectivity index (χ2v) is 7.84. The molecule has 0 fully saturated rings. The summed E-state index contributed by atoms with van der Waals surface area (Å²) in [5.74, 6) is 2.22. The maximum Gasteiger partial charge on any atom is 0.161 e. The van der Waals surface area contributed by atoms with E-state index < -0.39 is 6.10 Å². The van der Waals surface area contributed by atoms with Crippen LogP contribution in [0.2, 0.25) is 0 Å². The van der Waals surface area contributed by atoms with E-state index in [1.165, 1.54) is 5.56 Å². The summed E-state index contributed by atoms with van der Waals surface area (Å²) in [6.07, 6.45) is -0.546. The fraction of sp³-hybridized carbons (Fsp3) is 0.520. The van der Waals surface area contributed by atoms with Gasteiger partial charge in [-0.05, 0) is 56.9 Å². The van der Waals surface area contributed by atoms with Crippen molar-refractivity contribution < 1.29 is 19.3 Å².